The molecule has 0 aliphatic carbocycles. The van der Waals surface area contributed by atoms with Crippen molar-refractivity contribution in [1.29, 1.82) is 0 Å². The Hall–Kier alpha value is -8.41. The van der Waals surface area contributed by atoms with Crippen LogP contribution in [0.3, 0.4) is 0 Å². The van der Waals surface area contributed by atoms with Crippen LogP contribution in [0.1, 0.15) is 0 Å². The van der Waals surface area contributed by atoms with Crippen molar-refractivity contribution in [3.63, 3.8) is 0 Å². The van der Waals surface area contributed by atoms with E-state index in [2.05, 4.69) is 200 Å². The first-order valence-electron chi connectivity index (χ1n) is 20.7. The van der Waals surface area contributed by atoms with Gasteiger partial charge in [-0.15, -0.1) is 0 Å². The highest BCUT2D eigenvalue weighted by Gasteiger charge is 2.16. The first-order chi connectivity index (χ1) is 30.7. The molecule has 11 rings (SSSR count). The zero-order valence-electron chi connectivity index (χ0n) is 33.6. The molecule has 0 atom stereocenters. The summed E-state index contributed by atoms with van der Waals surface area (Å²) in [5, 5.41) is 4.60. The summed E-state index contributed by atoms with van der Waals surface area (Å²) in [6, 6.07) is 77.7. The zero-order valence-corrected chi connectivity index (χ0v) is 33.6. The van der Waals surface area contributed by atoms with Gasteiger partial charge in [-0.05, 0) is 74.1 Å². The minimum atomic E-state index is 0.607. The second-order valence-corrected chi connectivity index (χ2v) is 15.4. The molecule has 0 saturated carbocycles. The van der Waals surface area contributed by atoms with E-state index < -0.39 is 0 Å². The fourth-order valence-electron chi connectivity index (χ4n) is 8.04. The molecule has 0 aliphatic heterocycles. The Balaban J connectivity index is 0.988. The highest BCUT2D eigenvalue weighted by Crippen LogP contribution is 2.34. The van der Waals surface area contributed by atoms with Crippen LogP contribution >= 0.6 is 0 Å². The highest BCUT2D eigenvalue weighted by atomic mass is 15.0. The van der Waals surface area contributed by atoms with E-state index in [0.717, 1.165) is 72.2 Å². The Morgan fingerprint density at radius 1 is 0.177 bits per heavy atom. The highest BCUT2D eigenvalue weighted by molar-refractivity contribution is 5.88. The number of rotatable bonds is 8. The molecule has 5 nitrogen and oxygen atoms in total. The smallest absolute Gasteiger partial charge is 0.164 e. The number of benzene rings is 9. The standard InChI is InChI=1S/C57H37N5/c1-3-13-38(14-4-1)41-25-29-42(30-26-41)52-37-53(59-54(58-52)43-17-5-2-6-18-43)48-23-11-21-46(33-48)47-22-12-24-49(36-47)55-60-56(50-31-27-39-15-7-9-19-44(39)34-50)62-57(61-55)51-32-28-40-16-8-10-20-45(40)35-51/h1-37H. The SMILES string of the molecule is c1ccc(-c2ccc(-c3cc(-c4cccc(-c5cccc(-c6nc(-c7ccc8ccccc8c7)nc(-c7ccc8ccccc8c7)n6)c5)c4)nc(-c4ccccc4)n3)cc2)cc1. The lowest BCUT2D eigenvalue weighted by Crippen LogP contribution is -2.00. The van der Waals surface area contributed by atoms with Crippen molar-refractivity contribution in [2.45, 2.75) is 0 Å². The average molecular weight is 792 g/mol. The van der Waals surface area contributed by atoms with Crippen molar-refractivity contribution < 1.29 is 0 Å². The maximum absolute atomic E-state index is 5.14. The summed E-state index contributed by atoms with van der Waals surface area (Å²) in [6.07, 6.45) is 0. The normalized spacial score (nSPS) is 11.2. The molecule has 5 heteroatoms. The van der Waals surface area contributed by atoms with E-state index in [9.17, 15) is 0 Å². The summed E-state index contributed by atoms with van der Waals surface area (Å²) in [6.45, 7) is 0. The van der Waals surface area contributed by atoms with Crippen LogP contribution in [-0.2, 0) is 0 Å². The second kappa shape index (κ2) is 16.0. The summed E-state index contributed by atoms with van der Waals surface area (Å²) in [5.74, 6) is 2.53. The van der Waals surface area contributed by atoms with Crippen molar-refractivity contribution in [1.82, 2.24) is 24.9 Å². The monoisotopic (exact) mass is 791 g/mol. The Kier molecular flexibility index (Phi) is 9.45. The van der Waals surface area contributed by atoms with E-state index in [1.807, 2.05) is 24.3 Å². The molecule has 9 aromatic carbocycles. The van der Waals surface area contributed by atoms with Gasteiger partial charge in [-0.25, -0.2) is 24.9 Å². The molecule has 2 heterocycles. The summed E-state index contributed by atoms with van der Waals surface area (Å²) in [4.78, 5) is 25.6. The molecule has 0 N–H and O–H groups in total. The van der Waals surface area contributed by atoms with Gasteiger partial charge in [-0.3, -0.25) is 0 Å². The Morgan fingerprint density at radius 3 is 1.10 bits per heavy atom. The summed E-state index contributed by atoms with van der Waals surface area (Å²) >= 11 is 0. The van der Waals surface area contributed by atoms with Crippen LogP contribution in [0.25, 0.3) is 112 Å². The van der Waals surface area contributed by atoms with Crippen molar-refractivity contribution in [3.8, 4) is 90.3 Å². The molecule has 2 aromatic heterocycles. The number of nitrogens with zero attached hydrogens (tertiary/aromatic N) is 5. The molecule has 0 radical (unpaired) electrons. The van der Waals surface area contributed by atoms with E-state index in [4.69, 9.17) is 24.9 Å². The molecule has 0 bridgehead atoms. The lowest BCUT2D eigenvalue weighted by atomic mass is 9.98. The number of hydrogen-bond acceptors (Lipinski definition) is 5. The molecule has 0 saturated heterocycles. The van der Waals surface area contributed by atoms with Crippen LogP contribution in [-0.4, -0.2) is 24.9 Å². The van der Waals surface area contributed by atoms with Gasteiger partial charge in [0.2, 0.25) is 0 Å². The third kappa shape index (κ3) is 7.40. The third-order valence-electron chi connectivity index (χ3n) is 11.3. The molecule has 0 amide bonds. The number of aromatic nitrogens is 5. The molecule has 11 aromatic rings. The third-order valence-corrected chi connectivity index (χ3v) is 11.3. The van der Waals surface area contributed by atoms with Crippen LogP contribution in [0.15, 0.2) is 224 Å². The first kappa shape index (κ1) is 36.7. The van der Waals surface area contributed by atoms with Crippen LogP contribution in [0.4, 0.5) is 0 Å². The quantitative estimate of drug-likeness (QED) is 0.153. The predicted molar refractivity (Wildman–Crippen MR) is 254 cm³/mol. The molecule has 290 valence electrons. The zero-order chi connectivity index (χ0) is 41.2. The van der Waals surface area contributed by atoms with Crippen molar-refractivity contribution in [3.05, 3.63) is 224 Å². The molecule has 0 spiro atoms. The van der Waals surface area contributed by atoms with E-state index in [1.165, 1.54) is 16.3 Å². The maximum atomic E-state index is 5.14. The number of fused-ring (bicyclic) bond motifs is 2. The minimum Gasteiger partial charge on any atom is -0.228 e. The maximum Gasteiger partial charge on any atom is 0.164 e. The van der Waals surface area contributed by atoms with E-state index in [0.29, 0.717) is 23.3 Å². The summed E-state index contributed by atoms with van der Waals surface area (Å²) < 4.78 is 0. The molecule has 62 heavy (non-hydrogen) atoms. The number of hydrogen-bond donors (Lipinski definition) is 0. The average Bonchev–Trinajstić information content (AvgIpc) is 3.36. The van der Waals surface area contributed by atoms with Crippen LogP contribution in [0.2, 0.25) is 0 Å². The Labute approximate surface area is 359 Å². The lowest BCUT2D eigenvalue weighted by Gasteiger charge is -2.12. The van der Waals surface area contributed by atoms with Gasteiger partial charge in [0.15, 0.2) is 23.3 Å². The van der Waals surface area contributed by atoms with Crippen molar-refractivity contribution in [2.24, 2.45) is 0 Å². The van der Waals surface area contributed by atoms with Crippen molar-refractivity contribution >= 4 is 21.5 Å². The fourth-order valence-corrected chi connectivity index (χ4v) is 8.04. The van der Waals surface area contributed by atoms with Gasteiger partial charge in [0, 0.05) is 33.4 Å². The van der Waals surface area contributed by atoms with E-state index >= 15 is 0 Å². The lowest BCUT2D eigenvalue weighted by molar-refractivity contribution is 1.08. The van der Waals surface area contributed by atoms with Gasteiger partial charge in [0.05, 0.1) is 11.4 Å². The molecule has 0 aliphatic rings. The van der Waals surface area contributed by atoms with Crippen LogP contribution in [0, 0.1) is 0 Å². The fraction of sp³-hybridized carbons (Fsp3) is 0. The Morgan fingerprint density at radius 2 is 0.532 bits per heavy atom. The van der Waals surface area contributed by atoms with Gasteiger partial charge in [-0.2, -0.15) is 0 Å². The predicted octanol–water partition coefficient (Wildman–Crippen LogP) is 14.3. The van der Waals surface area contributed by atoms with E-state index in [-0.39, 0.29) is 0 Å². The Bertz CT molecular complexity index is 3300. The topological polar surface area (TPSA) is 64.5 Å². The van der Waals surface area contributed by atoms with Gasteiger partial charge in [0.25, 0.3) is 0 Å². The largest absolute Gasteiger partial charge is 0.228 e. The van der Waals surface area contributed by atoms with E-state index in [1.54, 1.807) is 0 Å². The van der Waals surface area contributed by atoms with Gasteiger partial charge >= 0.3 is 0 Å². The van der Waals surface area contributed by atoms with Crippen LogP contribution in [0.5, 0.6) is 0 Å². The van der Waals surface area contributed by atoms with Gasteiger partial charge in [-0.1, -0.05) is 194 Å². The second-order valence-electron chi connectivity index (χ2n) is 15.4. The van der Waals surface area contributed by atoms with Gasteiger partial charge in [0.1, 0.15) is 0 Å². The van der Waals surface area contributed by atoms with Crippen molar-refractivity contribution in [2.75, 3.05) is 0 Å². The van der Waals surface area contributed by atoms with Gasteiger partial charge < -0.3 is 0 Å². The molecule has 0 unspecified atom stereocenters. The minimum absolute atomic E-state index is 0.607. The molecular weight excluding hydrogens is 755 g/mol. The first-order valence-corrected chi connectivity index (χ1v) is 20.7. The molecular formula is C57H37N5. The summed E-state index contributed by atoms with van der Waals surface area (Å²) in [7, 11) is 0. The summed E-state index contributed by atoms with van der Waals surface area (Å²) in [5.41, 5.74) is 11.9. The molecule has 0 fully saturated rings. The van der Waals surface area contributed by atoms with Crippen LogP contribution < -0.4 is 0 Å².